The highest BCUT2D eigenvalue weighted by atomic mass is 79.9. The Balaban J connectivity index is 1.88. The van der Waals surface area contributed by atoms with Crippen molar-refractivity contribution in [1.29, 1.82) is 0 Å². The maximum absolute atomic E-state index is 12.4. The molecular weight excluding hydrogens is 360 g/mol. The van der Waals surface area contributed by atoms with Gasteiger partial charge in [0, 0.05) is 5.92 Å². The fraction of sp³-hybridized carbons (Fsp3) is 0.318. The summed E-state index contributed by atoms with van der Waals surface area (Å²) in [7, 11) is 0. The largest absolute Gasteiger partial charge is 0.298 e. The molecular formula is C22H21BrO. The molecule has 2 heteroatoms. The van der Waals surface area contributed by atoms with Crippen molar-refractivity contribution in [2.24, 2.45) is 17.8 Å². The number of fused-ring (bicyclic) bond motifs is 2. The molecule has 0 heterocycles. The van der Waals surface area contributed by atoms with Crippen LogP contribution in [0.3, 0.4) is 0 Å². The van der Waals surface area contributed by atoms with Crippen molar-refractivity contribution in [3.63, 3.8) is 0 Å². The lowest BCUT2D eigenvalue weighted by Gasteiger charge is -2.19. The van der Waals surface area contributed by atoms with E-state index in [4.69, 9.17) is 0 Å². The third-order valence-electron chi connectivity index (χ3n) is 5.65. The molecule has 2 fully saturated rings. The molecule has 24 heavy (non-hydrogen) atoms. The van der Waals surface area contributed by atoms with Crippen molar-refractivity contribution in [3.8, 4) is 0 Å². The van der Waals surface area contributed by atoms with Crippen molar-refractivity contribution >= 4 is 27.3 Å². The van der Waals surface area contributed by atoms with Gasteiger partial charge < -0.3 is 0 Å². The number of benzene rings is 2. The van der Waals surface area contributed by atoms with Gasteiger partial charge >= 0.3 is 0 Å². The van der Waals surface area contributed by atoms with E-state index in [0.717, 1.165) is 12.8 Å². The van der Waals surface area contributed by atoms with Crippen LogP contribution in [0.5, 0.6) is 0 Å². The van der Waals surface area contributed by atoms with Crippen LogP contribution in [0.15, 0.2) is 66.2 Å². The number of halogens is 1. The smallest absolute Gasteiger partial charge is 0.147 e. The number of ketones is 1. The van der Waals surface area contributed by atoms with E-state index < -0.39 is 0 Å². The van der Waals surface area contributed by atoms with Gasteiger partial charge in [-0.25, -0.2) is 0 Å². The van der Waals surface area contributed by atoms with E-state index in [-0.39, 0.29) is 5.92 Å². The number of allylic oxidation sites excluding steroid dienone is 1. The average molecular weight is 381 g/mol. The van der Waals surface area contributed by atoms with E-state index in [0.29, 0.717) is 22.9 Å². The molecule has 0 aromatic heterocycles. The molecule has 122 valence electrons. The molecule has 2 aromatic carbocycles. The summed E-state index contributed by atoms with van der Waals surface area (Å²) >= 11 is 3.38. The summed E-state index contributed by atoms with van der Waals surface area (Å²) in [5.41, 5.74) is 5.46. The standard InChI is InChI=1S/C22H21BrO/c23-14-20(24)19-13-17-11-12-18(19)22(17)21(15-7-3-1-4-8-15)16-9-5-2-6-10-16/h1-10,17-19H,11-14H2/t17-,18+,19+/m0/s1. The summed E-state index contributed by atoms with van der Waals surface area (Å²) < 4.78 is 0. The number of Topliss-reactive ketones (excluding diaryl/α,β-unsaturated/α-hetero) is 1. The molecule has 2 aliphatic rings. The molecule has 2 saturated carbocycles. The summed E-state index contributed by atoms with van der Waals surface area (Å²) in [5, 5.41) is 0.486. The van der Waals surface area contributed by atoms with Crippen molar-refractivity contribution < 1.29 is 4.79 Å². The Morgan fingerprint density at radius 3 is 2.04 bits per heavy atom. The predicted molar refractivity (Wildman–Crippen MR) is 102 cm³/mol. The molecule has 0 unspecified atom stereocenters. The van der Waals surface area contributed by atoms with Crippen molar-refractivity contribution in [3.05, 3.63) is 77.4 Å². The third-order valence-corrected chi connectivity index (χ3v) is 6.20. The Hall–Kier alpha value is -1.67. The van der Waals surface area contributed by atoms with Gasteiger partial charge in [0.15, 0.2) is 0 Å². The first kappa shape index (κ1) is 15.8. The molecule has 2 aromatic rings. The summed E-state index contributed by atoms with van der Waals surface area (Å²) in [6, 6.07) is 21.4. The van der Waals surface area contributed by atoms with E-state index in [1.807, 2.05) is 0 Å². The molecule has 0 radical (unpaired) electrons. The second-order valence-electron chi connectivity index (χ2n) is 6.89. The molecule has 1 nitrogen and oxygen atoms in total. The van der Waals surface area contributed by atoms with Gasteiger partial charge in [-0.15, -0.1) is 0 Å². The molecule has 0 amide bonds. The van der Waals surface area contributed by atoms with E-state index in [1.165, 1.54) is 28.7 Å². The topological polar surface area (TPSA) is 17.1 Å². The summed E-state index contributed by atoms with van der Waals surface area (Å²) in [6.45, 7) is 0. The Bertz CT molecular complexity index is 722. The minimum Gasteiger partial charge on any atom is -0.298 e. The minimum absolute atomic E-state index is 0.209. The van der Waals surface area contributed by atoms with Crippen LogP contribution >= 0.6 is 15.9 Å². The lowest BCUT2D eigenvalue weighted by Crippen LogP contribution is -2.21. The lowest BCUT2D eigenvalue weighted by atomic mass is 9.84. The van der Waals surface area contributed by atoms with Crippen LogP contribution in [0.25, 0.3) is 5.57 Å². The zero-order chi connectivity index (χ0) is 16.5. The van der Waals surface area contributed by atoms with Crippen molar-refractivity contribution in [1.82, 2.24) is 0 Å². The third kappa shape index (κ3) is 2.67. The number of alkyl halides is 1. The van der Waals surface area contributed by atoms with Crippen LogP contribution < -0.4 is 0 Å². The van der Waals surface area contributed by atoms with E-state index in [9.17, 15) is 4.79 Å². The van der Waals surface area contributed by atoms with E-state index >= 15 is 0 Å². The molecule has 2 bridgehead atoms. The van der Waals surface area contributed by atoms with Gasteiger partial charge in [-0.3, -0.25) is 4.79 Å². The monoisotopic (exact) mass is 380 g/mol. The maximum atomic E-state index is 12.4. The fourth-order valence-corrected chi connectivity index (χ4v) is 5.10. The van der Waals surface area contributed by atoms with Gasteiger partial charge in [0.2, 0.25) is 0 Å². The maximum Gasteiger partial charge on any atom is 0.147 e. The Labute approximate surface area is 151 Å². The SMILES string of the molecule is O=C(CBr)[C@@H]1C[C@@H]2CC[C@H]1C2=C(c1ccccc1)c1ccccc1. The summed E-state index contributed by atoms with van der Waals surface area (Å²) in [5.74, 6) is 1.58. The summed E-state index contributed by atoms with van der Waals surface area (Å²) in [6.07, 6.45) is 3.43. The average Bonchev–Trinajstić information content (AvgIpc) is 3.21. The van der Waals surface area contributed by atoms with E-state index in [1.54, 1.807) is 0 Å². The second kappa shape index (κ2) is 6.68. The van der Waals surface area contributed by atoms with Crippen molar-refractivity contribution in [2.75, 3.05) is 5.33 Å². The van der Waals surface area contributed by atoms with Gasteiger partial charge in [0.25, 0.3) is 0 Å². The zero-order valence-electron chi connectivity index (χ0n) is 13.6. The molecule has 0 saturated heterocycles. The fourth-order valence-electron chi connectivity index (χ4n) is 4.68. The molecule has 0 aliphatic heterocycles. The molecule has 2 aliphatic carbocycles. The first-order chi connectivity index (χ1) is 11.8. The van der Waals surface area contributed by atoms with Crippen LogP contribution in [0.4, 0.5) is 0 Å². The van der Waals surface area contributed by atoms with E-state index in [2.05, 4.69) is 76.6 Å². The zero-order valence-corrected chi connectivity index (χ0v) is 15.2. The number of carbonyl (C=O) groups is 1. The van der Waals surface area contributed by atoms with Crippen LogP contribution in [0.1, 0.15) is 30.4 Å². The predicted octanol–water partition coefficient (Wildman–Crippen LogP) is 5.50. The van der Waals surface area contributed by atoms with Crippen LogP contribution in [-0.2, 0) is 4.79 Å². The van der Waals surface area contributed by atoms with Crippen LogP contribution in [0, 0.1) is 17.8 Å². The number of hydrogen-bond acceptors (Lipinski definition) is 1. The minimum atomic E-state index is 0.209. The molecule has 3 atom stereocenters. The highest BCUT2D eigenvalue weighted by Crippen LogP contribution is 2.56. The van der Waals surface area contributed by atoms with Gasteiger partial charge in [0.05, 0.1) is 5.33 Å². The van der Waals surface area contributed by atoms with Crippen LogP contribution in [-0.4, -0.2) is 11.1 Å². The van der Waals surface area contributed by atoms with Crippen molar-refractivity contribution in [2.45, 2.75) is 19.3 Å². The summed E-state index contributed by atoms with van der Waals surface area (Å²) in [4.78, 5) is 12.4. The normalized spacial score (nSPS) is 25.0. The van der Waals surface area contributed by atoms with Gasteiger partial charge in [-0.05, 0) is 47.8 Å². The Morgan fingerprint density at radius 1 is 0.917 bits per heavy atom. The highest BCUT2D eigenvalue weighted by Gasteiger charge is 2.47. The molecule has 0 spiro atoms. The number of carbonyl (C=O) groups excluding carboxylic acids is 1. The van der Waals surface area contributed by atoms with Gasteiger partial charge in [-0.2, -0.15) is 0 Å². The molecule has 4 rings (SSSR count). The second-order valence-corrected chi connectivity index (χ2v) is 7.45. The highest BCUT2D eigenvalue weighted by molar-refractivity contribution is 9.09. The first-order valence-electron chi connectivity index (χ1n) is 8.73. The quantitative estimate of drug-likeness (QED) is 0.640. The number of hydrogen-bond donors (Lipinski definition) is 0. The van der Waals surface area contributed by atoms with Gasteiger partial charge in [-0.1, -0.05) is 82.2 Å². The Morgan fingerprint density at radius 2 is 1.50 bits per heavy atom. The van der Waals surface area contributed by atoms with Crippen LogP contribution in [0.2, 0.25) is 0 Å². The van der Waals surface area contributed by atoms with Gasteiger partial charge in [0.1, 0.15) is 5.78 Å². The lowest BCUT2D eigenvalue weighted by molar-refractivity contribution is -0.121. The Kier molecular flexibility index (Phi) is 4.41. The molecule has 0 N–H and O–H groups in total. The number of rotatable bonds is 4. The first-order valence-corrected chi connectivity index (χ1v) is 9.85.